The monoisotopic (exact) mass is 585 g/mol. The summed E-state index contributed by atoms with van der Waals surface area (Å²) >= 11 is 6.18. The minimum atomic E-state index is -0.533. The number of halogens is 2. The number of fused-ring (bicyclic) bond motifs is 2. The minimum Gasteiger partial charge on any atom is -0.490 e. The van der Waals surface area contributed by atoms with E-state index in [0.29, 0.717) is 66.8 Å². The smallest absolute Gasteiger partial charge is 0.237 e. The molecule has 2 aliphatic rings. The zero-order valence-electron chi connectivity index (χ0n) is 23.5. The topological polar surface area (TPSA) is 104 Å². The Labute approximate surface area is 244 Å². The highest BCUT2D eigenvalue weighted by Gasteiger charge is 2.21. The summed E-state index contributed by atoms with van der Waals surface area (Å²) < 4.78 is 26.9. The molecule has 3 heterocycles. The molecule has 1 atom stereocenters. The highest BCUT2D eigenvalue weighted by Crippen LogP contribution is 2.36. The van der Waals surface area contributed by atoms with Crippen molar-refractivity contribution in [1.82, 2.24) is 30.4 Å². The maximum Gasteiger partial charge on any atom is 0.237 e. The summed E-state index contributed by atoms with van der Waals surface area (Å²) in [5, 5.41) is 10.4. The molecule has 0 unspecified atom stereocenters. The van der Waals surface area contributed by atoms with Crippen molar-refractivity contribution in [3.63, 3.8) is 0 Å². The Bertz CT molecular complexity index is 1370. The summed E-state index contributed by atoms with van der Waals surface area (Å²) in [5.74, 6) is 1.05. The molecule has 1 aromatic heterocycles. The van der Waals surface area contributed by atoms with Gasteiger partial charge in [-0.2, -0.15) is 0 Å². The fourth-order valence-electron chi connectivity index (χ4n) is 4.98. The Morgan fingerprint density at radius 1 is 1.17 bits per heavy atom. The van der Waals surface area contributed by atoms with Gasteiger partial charge >= 0.3 is 0 Å². The molecule has 12 heteroatoms. The highest BCUT2D eigenvalue weighted by molar-refractivity contribution is 6.31. The third-order valence-electron chi connectivity index (χ3n) is 7.52. The quantitative estimate of drug-likeness (QED) is 0.388. The van der Waals surface area contributed by atoms with Crippen molar-refractivity contribution in [3.05, 3.63) is 47.0 Å². The Balaban J connectivity index is 1.45. The van der Waals surface area contributed by atoms with Gasteiger partial charge in [0.05, 0.1) is 29.8 Å². The number of ether oxygens (including phenoxy) is 2. The molecule has 2 aliphatic heterocycles. The maximum atomic E-state index is 14.5. The predicted octanol–water partition coefficient (Wildman–Crippen LogP) is 3.56. The number of nitrogens with zero attached hydrogens (tertiary/aromatic N) is 4. The molecule has 2 aromatic carbocycles. The summed E-state index contributed by atoms with van der Waals surface area (Å²) in [6.45, 7) is 8.62. The zero-order chi connectivity index (χ0) is 28.8. The van der Waals surface area contributed by atoms with Crippen molar-refractivity contribution >= 4 is 39.9 Å². The Morgan fingerprint density at radius 3 is 2.83 bits per heavy atom. The van der Waals surface area contributed by atoms with Gasteiger partial charge in [0.2, 0.25) is 5.91 Å². The van der Waals surface area contributed by atoms with E-state index in [1.807, 2.05) is 31.0 Å². The number of aromatic nitrogens is 2. The van der Waals surface area contributed by atoms with Gasteiger partial charge in [-0.3, -0.25) is 9.69 Å². The largest absolute Gasteiger partial charge is 0.490 e. The molecule has 2 bridgehead atoms. The molecule has 5 rings (SSSR count). The SMILES string of the molecule is C[C@H]1C(=O)NCCCOc2cc3c(ncnc3cc2OCCCN2CCNCC2)Nc2cc(Cl)c(F)cc2CN1C. The molecule has 0 radical (unpaired) electrons. The van der Waals surface area contributed by atoms with Crippen LogP contribution in [0.5, 0.6) is 11.5 Å². The molecule has 0 spiro atoms. The molecule has 1 amide bonds. The lowest BCUT2D eigenvalue weighted by molar-refractivity contribution is -0.125. The molecule has 0 aliphatic carbocycles. The van der Waals surface area contributed by atoms with Crippen molar-refractivity contribution in [3.8, 4) is 11.5 Å². The number of likely N-dealkylation sites (N-methyl/N-ethyl adjacent to an activating group) is 1. The number of carbonyl (C=O) groups is 1. The third kappa shape index (κ3) is 7.34. The second-order valence-corrected chi connectivity index (χ2v) is 10.9. The van der Waals surface area contributed by atoms with Gasteiger partial charge < -0.3 is 30.3 Å². The number of carbonyl (C=O) groups excluding carboxylic acids is 1. The predicted molar refractivity (Wildman–Crippen MR) is 158 cm³/mol. The van der Waals surface area contributed by atoms with Gasteiger partial charge in [-0.25, -0.2) is 14.4 Å². The number of piperazine rings is 1. The van der Waals surface area contributed by atoms with E-state index in [4.69, 9.17) is 21.1 Å². The van der Waals surface area contributed by atoms with Gasteiger partial charge in [-0.05, 0) is 50.6 Å². The van der Waals surface area contributed by atoms with Crippen LogP contribution in [0, 0.1) is 5.82 Å². The van der Waals surface area contributed by atoms with Crippen LogP contribution in [0.4, 0.5) is 15.9 Å². The second kappa shape index (κ2) is 13.6. The molecule has 0 saturated carbocycles. The Kier molecular flexibility index (Phi) is 9.71. The number of hydrogen-bond acceptors (Lipinski definition) is 9. The molecule has 3 N–H and O–H groups in total. The van der Waals surface area contributed by atoms with Crippen LogP contribution in [0.2, 0.25) is 5.02 Å². The molecule has 3 aromatic rings. The van der Waals surface area contributed by atoms with E-state index in [1.54, 1.807) is 0 Å². The van der Waals surface area contributed by atoms with E-state index in [-0.39, 0.29) is 10.9 Å². The molecule has 10 nitrogen and oxygen atoms in total. The van der Waals surface area contributed by atoms with Gasteiger partial charge in [0.15, 0.2) is 11.5 Å². The normalized spacial score (nSPS) is 19.3. The van der Waals surface area contributed by atoms with Crippen LogP contribution in [0.15, 0.2) is 30.6 Å². The fourth-order valence-corrected chi connectivity index (χ4v) is 5.14. The van der Waals surface area contributed by atoms with Crippen molar-refractivity contribution < 1.29 is 18.7 Å². The Morgan fingerprint density at radius 2 is 2.00 bits per heavy atom. The molecule has 1 fully saturated rings. The lowest BCUT2D eigenvalue weighted by Gasteiger charge is -2.27. The summed E-state index contributed by atoms with van der Waals surface area (Å²) in [6, 6.07) is 6.22. The summed E-state index contributed by atoms with van der Waals surface area (Å²) in [4.78, 5) is 26.0. The van der Waals surface area contributed by atoms with Crippen LogP contribution in [-0.4, -0.2) is 91.2 Å². The summed E-state index contributed by atoms with van der Waals surface area (Å²) in [7, 11) is 1.82. The van der Waals surface area contributed by atoms with Crippen LogP contribution in [0.3, 0.4) is 0 Å². The molecular weight excluding hydrogens is 549 g/mol. The van der Waals surface area contributed by atoms with Gasteiger partial charge in [-0.1, -0.05) is 11.6 Å². The first kappa shape index (κ1) is 29.2. The van der Waals surface area contributed by atoms with Crippen LogP contribution in [0.25, 0.3) is 10.9 Å². The molecule has 41 heavy (non-hydrogen) atoms. The van der Waals surface area contributed by atoms with E-state index in [9.17, 15) is 9.18 Å². The van der Waals surface area contributed by atoms with Gasteiger partial charge in [0.1, 0.15) is 18.0 Å². The van der Waals surface area contributed by atoms with Gasteiger partial charge in [0.25, 0.3) is 0 Å². The number of rotatable bonds is 5. The third-order valence-corrected chi connectivity index (χ3v) is 7.81. The molecular formula is C29H37ClFN7O3. The van der Waals surface area contributed by atoms with Gasteiger partial charge in [-0.15, -0.1) is 0 Å². The van der Waals surface area contributed by atoms with E-state index in [1.165, 1.54) is 18.5 Å². The number of benzene rings is 2. The number of nitrogens with one attached hydrogen (secondary N) is 3. The summed E-state index contributed by atoms with van der Waals surface area (Å²) in [5.41, 5.74) is 1.90. The first-order chi connectivity index (χ1) is 19.9. The van der Waals surface area contributed by atoms with E-state index in [0.717, 1.165) is 44.5 Å². The highest BCUT2D eigenvalue weighted by atomic mass is 35.5. The minimum absolute atomic E-state index is 0.0158. The van der Waals surface area contributed by atoms with Crippen LogP contribution < -0.4 is 25.4 Å². The molecule has 220 valence electrons. The Hall–Kier alpha value is -3.25. The number of hydrogen-bond donors (Lipinski definition) is 3. The van der Waals surface area contributed by atoms with Crippen LogP contribution >= 0.6 is 11.6 Å². The standard InChI is InChI=1S/C29H37ClFN7O3/c1-19-29(39)33-5-3-11-40-26-14-21-25(16-27(26)41-12-4-8-38-9-6-32-7-10-38)34-18-35-28(21)36-24-15-22(30)23(31)13-20(24)17-37(19)2/h13-16,18-19,32H,3-12,17H2,1-2H3,(H,33,39)(H,34,35,36)/t19-/m0/s1. The lowest BCUT2D eigenvalue weighted by Crippen LogP contribution is -2.43. The fraction of sp³-hybridized carbons (Fsp3) is 0.483. The van der Waals surface area contributed by atoms with Gasteiger partial charge in [0, 0.05) is 63.0 Å². The lowest BCUT2D eigenvalue weighted by atomic mass is 10.1. The number of anilines is 2. The van der Waals surface area contributed by atoms with Crippen molar-refractivity contribution in [2.75, 3.05) is 64.8 Å². The summed E-state index contributed by atoms with van der Waals surface area (Å²) in [6.07, 6.45) is 2.98. The zero-order valence-corrected chi connectivity index (χ0v) is 24.3. The van der Waals surface area contributed by atoms with Crippen molar-refractivity contribution in [1.29, 1.82) is 0 Å². The molecule has 1 saturated heterocycles. The van der Waals surface area contributed by atoms with Crippen molar-refractivity contribution in [2.45, 2.75) is 32.4 Å². The maximum absolute atomic E-state index is 14.5. The van der Waals surface area contributed by atoms with Crippen LogP contribution in [-0.2, 0) is 11.3 Å². The van der Waals surface area contributed by atoms with E-state index in [2.05, 4.69) is 30.8 Å². The average Bonchev–Trinajstić information content (AvgIpc) is 2.97. The van der Waals surface area contributed by atoms with E-state index < -0.39 is 11.9 Å². The number of amides is 1. The van der Waals surface area contributed by atoms with E-state index >= 15 is 0 Å². The average molecular weight is 586 g/mol. The second-order valence-electron chi connectivity index (χ2n) is 10.5. The van der Waals surface area contributed by atoms with Crippen LogP contribution in [0.1, 0.15) is 25.3 Å². The first-order valence-corrected chi connectivity index (χ1v) is 14.5. The first-order valence-electron chi connectivity index (χ1n) is 14.1. The van der Waals surface area contributed by atoms with Crippen molar-refractivity contribution in [2.24, 2.45) is 0 Å².